The quantitative estimate of drug-likeness (QED) is 0.717. The summed E-state index contributed by atoms with van der Waals surface area (Å²) in [6.45, 7) is 8.67. The average Bonchev–Trinajstić information content (AvgIpc) is 2.93. The van der Waals surface area contributed by atoms with E-state index in [1.165, 1.54) is 6.92 Å². The van der Waals surface area contributed by atoms with Crippen LogP contribution in [0.4, 0.5) is 4.79 Å². The molecule has 0 radical (unpaired) electrons. The summed E-state index contributed by atoms with van der Waals surface area (Å²) in [7, 11) is 0. The van der Waals surface area contributed by atoms with Gasteiger partial charge in [0, 0.05) is 17.7 Å². The molecule has 0 spiro atoms. The molecular formula is C16H25N3O5S. The van der Waals surface area contributed by atoms with E-state index in [4.69, 9.17) is 4.74 Å². The number of nitrogens with one attached hydrogen (secondary N) is 2. The molecule has 25 heavy (non-hydrogen) atoms. The summed E-state index contributed by atoms with van der Waals surface area (Å²) in [6, 6.07) is -1.34. The molecule has 0 aromatic heterocycles. The van der Waals surface area contributed by atoms with Gasteiger partial charge in [0.1, 0.15) is 6.04 Å². The number of hydrogen-bond acceptors (Lipinski definition) is 6. The van der Waals surface area contributed by atoms with Crippen molar-refractivity contribution >= 4 is 35.6 Å². The van der Waals surface area contributed by atoms with Gasteiger partial charge in [0.2, 0.25) is 5.91 Å². The second kappa shape index (κ2) is 6.86. The van der Waals surface area contributed by atoms with Crippen molar-refractivity contribution in [2.45, 2.75) is 70.0 Å². The number of carbonyl (C=O) groups excluding carboxylic acids is 4. The van der Waals surface area contributed by atoms with E-state index in [0.717, 1.165) is 0 Å². The number of imide groups is 1. The molecule has 2 rings (SSSR count). The highest BCUT2D eigenvalue weighted by atomic mass is 32.2. The molecule has 4 amide bonds. The summed E-state index contributed by atoms with van der Waals surface area (Å²) in [5.41, 5.74) is -0.494. The maximum absolute atomic E-state index is 12.4. The van der Waals surface area contributed by atoms with Crippen LogP contribution in [0.5, 0.6) is 0 Å². The van der Waals surface area contributed by atoms with Crippen LogP contribution < -0.4 is 10.6 Å². The van der Waals surface area contributed by atoms with E-state index in [2.05, 4.69) is 10.6 Å². The first-order valence-electron chi connectivity index (χ1n) is 8.22. The maximum Gasteiger partial charge on any atom is 0.330 e. The van der Waals surface area contributed by atoms with Gasteiger partial charge in [-0.1, -0.05) is 0 Å². The van der Waals surface area contributed by atoms with E-state index in [9.17, 15) is 19.2 Å². The minimum atomic E-state index is -1.13. The van der Waals surface area contributed by atoms with Gasteiger partial charge in [-0.25, -0.2) is 9.59 Å². The first-order chi connectivity index (χ1) is 11.4. The predicted octanol–water partition coefficient (Wildman–Crippen LogP) is 0.996. The number of amides is 4. The zero-order valence-electron chi connectivity index (χ0n) is 15.2. The van der Waals surface area contributed by atoms with Crippen LogP contribution in [-0.2, 0) is 19.1 Å². The van der Waals surface area contributed by atoms with Crippen molar-refractivity contribution in [1.82, 2.24) is 15.5 Å². The Morgan fingerprint density at radius 3 is 2.60 bits per heavy atom. The molecule has 2 aliphatic rings. The van der Waals surface area contributed by atoms with Gasteiger partial charge in [0.25, 0.3) is 5.91 Å². The van der Waals surface area contributed by atoms with Crippen molar-refractivity contribution in [2.24, 2.45) is 0 Å². The first kappa shape index (κ1) is 19.6. The molecule has 0 aliphatic carbocycles. The molecule has 3 atom stereocenters. The fourth-order valence-corrected chi connectivity index (χ4v) is 4.30. The lowest BCUT2D eigenvalue weighted by molar-refractivity contribution is -0.161. The van der Waals surface area contributed by atoms with Crippen molar-refractivity contribution in [3.8, 4) is 0 Å². The summed E-state index contributed by atoms with van der Waals surface area (Å²) < 4.78 is 5.19. The lowest BCUT2D eigenvalue weighted by atomic mass is 10.1. The Labute approximate surface area is 151 Å². The van der Waals surface area contributed by atoms with E-state index < -0.39 is 35.6 Å². The average molecular weight is 371 g/mol. The lowest BCUT2D eigenvalue weighted by Crippen LogP contribution is -2.52. The first-order valence-corrected chi connectivity index (χ1v) is 9.21. The van der Waals surface area contributed by atoms with Crippen LogP contribution in [0.2, 0.25) is 0 Å². The smallest absolute Gasteiger partial charge is 0.330 e. The Bertz CT molecular complexity index is 603. The largest absolute Gasteiger partial charge is 0.451 e. The van der Waals surface area contributed by atoms with Crippen LogP contribution in [0, 0.1) is 0 Å². The van der Waals surface area contributed by atoms with Gasteiger partial charge >= 0.3 is 12.0 Å². The topological polar surface area (TPSA) is 105 Å². The molecule has 9 heteroatoms. The fourth-order valence-electron chi connectivity index (χ4n) is 2.89. The van der Waals surface area contributed by atoms with Gasteiger partial charge in [0.15, 0.2) is 6.10 Å². The van der Waals surface area contributed by atoms with Gasteiger partial charge in [-0.3, -0.25) is 14.9 Å². The Kier molecular flexibility index (Phi) is 5.36. The normalized spacial score (nSPS) is 26.8. The molecule has 140 valence electrons. The molecule has 2 fully saturated rings. The SMILES string of the molecule is C[C@@H](OC(=O)[C@H]1CS[C@@]2(C)CCC(=O)N12)C(=O)NC(=O)NC(C)(C)C. The summed E-state index contributed by atoms with van der Waals surface area (Å²) in [6.07, 6.45) is -0.0210. The van der Waals surface area contributed by atoms with Crippen LogP contribution in [0.15, 0.2) is 0 Å². The number of carbonyl (C=O) groups is 4. The third kappa shape index (κ3) is 4.45. The van der Waals surface area contributed by atoms with E-state index in [-0.39, 0.29) is 10.8 Å². The monoisotopic (exact) mass is 371 g/mol. The Balaban J connectivity index is 1.91. The van der Waals surface area contributed by atoms with Gasteiger partial charge in [-0.2, -0.15) is 0 Å². The van der Waals surface area contributed by atoms with E-state index in [1.807, 2.05) is 6.92 Å². The number of rotatable bonds is 3. The Hall–Kier alpha value is -1.77. The third-order valence-corrected chi connectivity index (χ3v) is 5.61. The molecule has 0 unspecified atom stereocenters. The zero-order chi connectivity index (χ0) is 19.0. The molecule has 0 aromatic rings. The number of thioether (sulfide) groups is 1. The molecule has 8 nitrogen and oxygen atoms in total. The standard InChI is InChI=1S/C16H25N3O5S/c1-9(12(21)17-14(23)18-15(2,3)4)24-13(22)10-8-25-16(5)7-6-11(20)19(10)16/h9-10H,6-8H2,1-5H3,(H2,17,18,21,23)/t9-,10-,16+/m1/s1. The predicted molar refractivity (Wildman–Crippen MR) is 92.7 cm³/mol. The van der Waals surface area contributed by atoms with E-state index in [0.29, 0.717) is 18.6 Å². The molecule has 0 aromatic carbocycles. The van der Waals surface area contributed by atoms with Crippen LogP contribution in [0.1, 0.15) is 47.5 Å². The number of esters is 1. The number of fused-ring (bicyclic) bond motifs is 1. The highest BCUT2D eigenvalue weighted by molar-refractivity contribution is 8.01. The zero-order valence-corrected chi connectivity index (χ0v) is 16.0. The Morgan fingerprint density at radius 1 is 1.36 bits per heavy atom. The summed E-state index contributed by atoms with van der Waals surface area (Å²) >= 11 is 1.55. The summed E-state index contributed by atoms with van der Waals surface area (Å²) in [5, 5.41) is 4.73. The van der Waals surface area contributed by atoms with Crippen molar-refractivity contribution in [3.63, 3.8) is 0 Å². The molecule has 2 N–H and O–H groups in total. The van der Waals surface area contributed by atoms with Crippen molar-refractivity contribution in [2.75, 3.05) is 5.75 Å². The van der Waals surface area contributed by atoms with Crippen molar-refractivity contribution in [1.29, 1.82) is 0 Å². The summed E-state index contributed by atoms with van der Waals surface area (Å²) in [5.74, 6) is -0.961. The third-order valence-electron chi connectivity index (χ3n) is 4.10. The van der Waals surface area contributed by atoms with Crippen molar-refractivity contribution < 1.29 is 23.9 Å². The second-order valence-corrected chi connectivity index (χ2v) is 9.04. The van der Waals surface area contributed by atoms with Crippen LogP contribution in [0.25, 0.3) is 0 Å². The number of nitrogens with zero attached hydrogens (tertiary/aromatic N) is 1. The number of urea groups is 1. The summed E-state index contributed by atoms with van der Waals surface area (Å²) in [4.78, 5) is 49.4. The molecule has 2 aliphatic heterocycles. The van der Waals surface area contributed by atoms with Gasteiger partial charge in [-0.15, -0.1) is 11.8 Å². The number of ether oxygens (including phenoxy) is 1. The maximum atomic E-state index is 12.4. The van der Waals surface area contributed by atoms with E-state index in [1.54, 1.807) is 37.4 Å². The van der Waals surface area contributed by atoms with Gasteiger partial charge in [-0.05, 0) is 41.0 Å². The Morgan fingerprint density at radius 2 is 2.00 bits per heavy atom. The van der Waals surface area contributed by atoms with Crippen LogP contribution in [-0.4, -0.2) is 57.0 Å². The van der Waals surface area contributed by atoms with Gasteiger partial charge < -0.3 is 15.0 Å². The van der Waals surface area contributed by atoms with E-state index >= 15 is 0 Å². The molecule has 0 bridgehead atoms. The minimum Gasteiger partial charge on any atom is -0.451 e. The fraction of sp³-hybridized carbons (Fsp3) is 0.750. The second-order valence-electron chi connectivity index (χ2n) is 7.54. The lowest BCUT2D eigenvalue weighted by Gasteiger charge is -2.29. The molecule has 0 saturated carbocycles. The highest BCUT2D eigenvalue weighted by Gasteiger charge is 2.53. The minimum absolute atomic E-state index is 0.0730. The molecule has 2 heterocycles. The number of hydrogen-bond donors (Lipinski definition) is 2. The van der Waals surface area contributed by atoms with Crippen molar-refractivity contribution in [3.05, 3.63) is 0 Å². The van der Waals surface area contributed by atoms with Crippen LogP contribution >= 0.6 is 11.8 Å². The van der Waals surface area contributed by atoms with Gasteiger partial charge in [0.05, 0.1) is 4.87 Å². The molecule has 2 saturated heterocycles. The molecular weight excluding hydrogens is 346 g/mol. The highest BCUT2D eigenvalue weighted by Crippen LogP contribution is 2.47. The van der Waals surface area contributed by atoms with Crippen LogP contribution in [0.3, 0.4) is 0 Å².